The summed E-state index contributed by atoms with van der Waals surface area (Å²) >= 11 is 5.90. The Morgan fingerprint density at radius 1 is 1.04 bits per heavy atom. The van der Waals surface area contributed by atoms with E-state index < -0.39 is 11.7 Å². The second-order valence-electron chi connectivity index (χ2n) is 6.97. The van der Waals surface area contributed by atoms with E-state index in [1.165, 1.54) is 0 Å². The Bertz CT molecular complexity index is 772. The third-order valence-corrected chi connectivity index (χ3v) is 5.53. The number of β-amino-alcohol motifs (C(OH)–C–C–N with tert-alkyl or cyclic N) is 1. The molecule has 2 aliphatic heterocycles. The van der Waals surface area contributed by atoms with Crippen LogP contribution in [0.3, 0.4) is 0 Å². The molecule has 2 aliphatic rings. The van der Waals surface area contributed by atoms with Gasteiger partial charge in [0.25, 0.3) is 0 Å². The van der Waals surface area contributed by atoms with E-state index in [4.69, 9.17) is 21.1 Å². The summed E-state index contributed by atoms with van der Waals surface area (Å²) in [5.41, 5.74) is 0.841. The fraction of sp³-hybridized carbons (Fsp3) is 0.400. The van der Waals surface area contributed by atoms with E-state index in [0.29, 0.717) is 30.2 Å². The maximum Gasteiger partial charge on any atom is 0.231 e. The predicted octanol–water partition coefficient (Wildman–Crippen LogP) is 3.09. The van der Waals surface area contributed by atoms with Crippen molar-refractivity contribution in [2.45, 2.75) is 24.5 Å². The van der Waals surface area contributed by atoms with E-state index in [1.54, 1.807) is 12.1 Å². The van der Waals surface area contributed by atoms with Gasteiger partial charge in [-0.05, 0) is 48.2 Å². The summed E-state index contributed by atoms with van der Waals surface area (Å²) in [6.07, 6.45) is 0.656. The van der Waals surface area contributed by atoms with Gasteiger partial charge in [0.15, 0.2) is 11.5 Å². The Morgan fingerprint density at radius 3 is 2.46 bits per heavy atom. The summed E-state index contributed by atoms with van der Waals surface area (Å²) in [7, 11) is 0. The van der Waals surface area contributed by atoms with Gasteiger partial charge in [-0.2, -0.15) is 0 Å². The first-order valence-corrected chi connectivity index (χ1v) is 9.20. The molecule has 138 valence electrons. The van der Waals surface area contributed by atoms with Crippen LogP contribution >= 0.6 is 11.6 Å². The minimum atomic E-state index is -0.872. The number of piperidine rings is 1. The number of aliphatic hydroxyl groups is 2. The highest BCUT2D eigenvalue weighted by Crippen LogP contribution is 2.39. The molecule has 2 heterocycles. The standard InChI is InChI=1S/C20H22ClNO4/c21-16-4-1-14(2-5-16)17(23)12-22-9-7-20(24,8-10-22)15-3-6-18-19(11-15)26-13-25-18/h1-6,11,17,23-24H,7-10,12-13H2/t17-/m1/s1. The van der Waals surface area contributed by atoms with Gasteiger partial charge in [0, 0.05) is 24.7 Å². The van der Waals surface area contributed by atoms with Crippen molar-refractivity contribution < 1.29 is 19.7 Å². The van der Waals surface area contributed by atoms with Crippen molar-refractivity contribution in [3.63, 3.8) is 0 Å². The van der Waals surface area contributed by atoms with Gasteiger partial charge in [-0.25, -0.2) is 0 Å². The second kappa shape index (κ2) is 7.08. The molecule has 4 rings (SSSR count). The van der Waals surface area contributed by atoms with Crippen molar-refractivity contribution in [2.24, 2.45) is 0 Å². The number of hydrogen-bond acceptors (Lipinski definition) is 5. The summed E-state index contributed by atoms with van der Waals surface area (Å²) in [4.78, 5) is 2.18. The summed E-state index contributed by atoms with van der Waals surface area (Å²) in [6.45, 7) is 2.21. The maximum absolute atomic E-state index is 11.1. The molecule has 26 heavy (non-hydrogen) atoms. The zero-order valence-electron chi connectivity index (χ0n) is 14.4. The smallest absolute Gasteiger partial charge is 0.231 e. The number of rotatable bonds is 4. The molecule has 2 N–H and O–H groups in total. The number of likely N-dealkylation sites (tertiary alicyclic amines) is 1. The SMILES string of the molecule is O[C@H](CN1CCC(O)(c2ccc3c(c2)OCO3)CC1)c1ccc(Cl)cc1. The molecule has 0 aromatic heterocycles. The summed E-state index contributed by atoms with van der Waals surface area (Å²) in [5.74, 6) is 1.41. The molecule has 1 fully saturated rings. The Labute approximate surface area is 157 Å². The van der Waals surface area contributed by atoms with Crippen LogP contribution in [0.4, 0.5) is 0 Å². The molecule has 0 radical (unpaired) electrons. The van der Waals surface area contributed by atoms with Crippen molar-refractivity contribution >= 4 is 11.6 Å². The lowest BCUT2D eigenvalue weighted by molar-refractivity contribution is -0.0345. The normalized spacial score (nSPS) is 20.1. The van der Waals surface area contributed by atoms with Crippen molar-refractivity contribution in [3.8, 4) is 11.5 Å². The predicted molar refractivity (Wildman–Crippen MR) is 98.5 cm³/mol. The van der Waals surface area contributed by atoms with Gasteiger partial charge in [0.05, 0.1) is 11.7 Å². The fourth-order valence-corrected chi connectivity index (χ4v) is 3.74. The van der Waals surface area contributed by atoms with E-state index in [-0.39, 0.29) is 6.79 Å². The minimum Gasteiger partial charge on any atom is -0.454 e. The summed E-state index contributed by atoms with van der Waals surface area (Å²) < 4.78 is 10.8. The average molecular weight is 376 g/mol. The van der Waals surface area contributed by atoms with E-state index >= 15 is 0 Å². The first-order valence-electron chi connectivity index (χ1n) is 8.82. The fourth-order valence-electron chi connectivity index (χ4n) is 3.62. The maximum atomic E-state index is 11.1. The zero-order valence-corrected chi connectivity index (χ0v) is 15.2. The quantitative estimate of drug-likeness (QED) is 0.859. The van der Waals surface area contributed by atoms with Crippen molar-refractivity contribution in [1.82, 2.24) is 4.90 Å². The van der Waals surface area contributed by atoms with Crippen molar-refractivity contribution in [2.75, 3.05) is 26.4 Å². The monoisotopic (exact) mass is 375 g/mol. The third kappa shape index (κ3) is 3.53. The van der Waals surface area contributed by atoms with E-state index in [2.05, 4.69) is 4.90 Å². The molecule has 0 saturated carbocycles. The number of ether oxygens (including phenoxy) is 2. The number of fused-ring (bicyclic) bond motifs is 1. The lowest BCUT2D eigenvalue weighted by Gasteiger charge is -2.39. The Hall–Kier alpha value is -1.79. The molecule has 1 saturated heterocycles. The first-order chi connectivity index (χ1) is 12.5. The number of hydrogen-bond donors (Lipinski definition) is 2. The van der Waals surface area contributed by atoms with Crippen LogP contribution in [0.1, 0.15) is 30.1 Å². The summed E-state index contributed by atoms with van der Waals surface area (Å²) in [6, 6.07) is 12.9. The highest BCUT2D eigenvalue weighted by molar-refractivity contribution is 6.30. The van der Waals surface area contributed by atoms with Gasteiger partial charge >= 0.3 is 0 Å². The molecule has 5 nitrogen and oxygen atoms in total. The van der Waals surface area contributed by atoms with Crippen molar-refractivity contribution in [3.05, 3.63) is 58.6 Å². The molecule has 0 amide bonds. The number of aliphatic hydroxyl groups excluding tert-OH is 1. The number of halogens is 1. The topological polar surface area (TPSA) is 62.2 Å². The average Bonchev–Trinajstić information content (AvgIpc) is 3.12. The zero-order chi connectivity index (χ0) is 18.1. The van der Waals surface area contributed by atoms with E-state index in [9.17, 15) is 10.2 Å². The molecular formula is C20H22ClNO4. The number of benzene rings is 2. The highest BCUT2D eigenvalue weighted by Gasteiger charge is 2.35. The largest absolute Gasteiger partial charge is 0.454 e. The Kier molecular flexibility index (Phi) is 4.80. The molecule has 0 spiro atoms. The Balaban J connectivity index is 1.38. The van der Waals surface area contributed by atoms with Gasteiger partial charge in [0.2, 0.25) is 6.79 Å². The van der Waals surface area contributed by atoms with Crippen LogP contribution in [0.25, 0.3) is 0 Å². The molecule has 2 aromatic rings. The third-order valence-electron chi connectivity index (χ3n) is 5.28. The summed E-state index contributed by atoms with van der Waals surface area (Å²) in [5, 5.41) is 22.2. The van der Waals surface area contributed by atoms with Crippen LogP contribution in [0.5, 0.6) is 11.5 Å². The van der Waals surface area contributed by atoms with Crippen LogP contribution in [0, 0.1) is 0 Å². The lowest BCUT2D eigenvalue weighted by Crippen LogP contribution is -2.43. The number of nitrogens with zero attached hydrogens (tertiary/aromatic N) is 1. The molecule has 0 aliphatic carbocycles. The molecule has 0 unspecified atom stereocenters. The van der Waals surface area contributed by atoms with Gasteiger partial charge in [-0.1, -0.05) is 29.8 Å². The van der Waals surface area contributed by atoms with Crippen LogP contribution < -0.4 is 9.47 Å². The highest BCUT2D eigenvalue weighted by atomic mass is 35.5. The molecule has 2 aromatic carbocycles. The van der Waals surface area contributed by atoms with Gasteiger partial charge in [0.1, 0.15) is 0 Å². The van der Waals surface area contributed by atoms with Gasteiger partial charge in [-0.3, -0.25) is 0 Å². The van der Waals surface area contributed by atoms with Crippen LogP contribution in [-0.4, -0.2) is 41.5 Å². The van der Waals surface area contributed by atoms with Crippen LogP contribution in [0.2, 0.25) is 5.02 Å². The van der Waals surface area contributed by atoms with E-state index in [0.717, 1.165) is 30.0 Å². The van der Waals surface area contributed by atoms with Crippen LogP contribution in [0.15, 0.2) is 42.5 Å². The first kappa shape index (κ1) is 17.6. The molecular weight excluding hydrogens is 354 g/mol. The van der Waals surface area contributed by atoms with E-state index in [1.807, 2.05) is 30.3 Å². The van der Waals surface area contributed by atoms with Gasteiger partial charge < -0.3 is 24.6 Å². The minimum absolute atomic E-state index is 0.230. The Morgan fingerprint density at radius 2 is 1.73 bits per heavy atom. The molecule has 1 atom stereocenters. The lowest BCUT2D eigenvalue weighted by atomic mass is 9.84. The second-order valence-corrected chi connectivity index (χ2v) is 7.40. The molecule has 6 heteroatoms. The van der Waals surface area contributed by atoms with Crippen LogP contribution in [-0.2, 0) is 5.60 Å². The van der Waals surface area contributed by atoms with Crippen molar-refractivity contribution in [1.29, 1.82) is 0 Å². The van der Waals surface area contributed by atoms with Gasteiger partial charge in [-0.15, -0.1) is 0 Å². The molecule has 0 bridgehead atoms.